The van der Waals surface area contributed by atoms with Crippen LogP contribution >= 0.6 is 11.5 Å². The van der Waals surface area contributed by atoms with Crippen LogP contribution in [0, 0.1) is 13.8 Å². The number of hydrogen-bond donors (Lipinski definition) is 1. The third kappa shape index (κ3) is 2.49. The molecule has 0 bridgehead atoms. The van der Waals surface area contributed by atoms with Gasteiger partial charge in [-0.3, -0.25) is 4.98 Å². The molecule has 1 unspecified atom stereocenters. The molecule has 2 heterocycles. The SMILES string of the molecule is COc1c(C)cnc(CC(O)c2cnns2)c1C. The molecule has 0 aliphatic carbocycles. The number of hydrogen-bond acceptors (Lipinski definition) is 6. The fourth-order valence-electron chi connectivity index (χ4n) is 1.88. The quantitative estimate of drug-likeness (QED) is 0.913. The van der Waals surface area contributed by atoms with Crippen LogP contribution in [-0.2, 0) is 6.42 Å². The number of aryl methyl sites for hydroxylation is 1. The van der Waals surface area contributed by atoms with Gasteiger partial charge in [0.2, 0.25) is 0 Å². The maximum absolute atomic E-state index is 10.1. The van der Waals surface area contributed by atoms with Crippen molar-refractivity contribution in [3.8, 4) is 5.75 Å². The van der Waals surface area contributed by atoms with Gasteiger partial charge in [-0.05, 0) is 25.4 Å². The number of ether oxygens (including phenoxy) is 1. The number of aliphatic hydroxyl groups excluding tert-OH is 1. The lowest BCUT2D eigenvalue weighted by Crippen LogP contribution is -2.05. The zero-order valence-corrected chi connectivity index (χ0v) is 11.4. The van der Waals surface area contributed by atoms with Crippen LogP contribution < -0.4 is 4.74 Å². The van der Waals surface area contributed by atoms with Gasteiger partial charge in [-0.1, -0.05) is 4.49 Å². The van der Waals surface area contributed by atoms with Gasteiger partial charge in [0.15, 0.2) is 0 Å². The van der Waals surface area contributed by atoms with Crippen molar-refractivity contribution < 1.29 is 9.84 Å². The molecule has 0 aliphatic heterocycles. The predicted octanol–water partition coefficient (Wildman–Crippen LogP) is 1.83. The lowest BCUT2D eigenvalue weighted by molar-refractivity contribution is 0.180. The Bertz CT molecular complexity index is 528. The van der Waals surface area contributed by atoms with E-state index in [1.54, 1.807) is 19.5 Å². The van der Waals surface area contributed by atoms with E-state index in [9.17, 15) is 5.11 Å². The van der Waals surface area contributed by atoms with Crippen molar-refractivity contribution in [2.24, 2.45) is 0 Å². The molecule has 0 aliphatic rings. The number of aliphatic hydroxyl groups is 1. The molecule has 1 atom stereocenters. The van der Waals surface area contributed by atoms with Crippen molar-refractivity contribution >= 4 is 11.5 Å². The van der Waals surface area contributed by atoms with Crippen LogP contribution in [0.2, 0.25) is 0 Å². The van der Waals surface area contributed by atoms with E-state index in [1.165, 1.54) is 11.5 Å². The predicted molar refractivity (Wildman–Crippen MR) is 68.8 cm³/mol. The molecule has 96 valence electrons. The molecule has 0 radical (unpaired) electrons. The molecular weight excluding hydrogens is 250 g/mol. The number of pyridine rings is 1. The summed E-state index contributed by atoms with van der Waals surface area (Å²) in [5.41, 5.74) is 2.79. The van der Waals surface area contributed by atoms with Gasteiger partial charge in [0, 0.05) is 29.4 Å². The minimum atomic E-state index is -0.622. The first kappa shape index (κ1) is 12.9. The summed E-state index contributed by atoms with van der Waals surface area (Å²) < 4.78 is 9.09. The summed E-state index contributed by atoms with van der Waals surface area (Å²) in [7, 11) is 1.64. The highest BCUT2D eigenvalue weighted by Crippen LogP contribution is 2.27. The van der Waals surface area contributed by atoms with Crippen molar-refractivity contribution in [2.45, 2.75) is 26.4 Å². The van der Waals surface area contributed by atoms with Crippen LogP contribution in [0.1, 0.15) is 27.8 Å². The monoisotopic (exact) mass is 265 g/mol. The van der Waals surface area contributed by atoms with Crippen molar-refractivity contribution in [2.75, 3.05) is 7.11 Å². The summed E-state index contributed by atoms with van der Waals surface area (Å²) >= 11 is 1.20. The van der Waals surface area contributed by atoms with E-state index >= 15 is 0 Å². The summed E-state index contributed by atoms with van der Waals surface area (Å²) in [6.07, 6.45) is 3.16. The van der Waals surface area contributed by atoms with Gasteiger partial charge in [-0.25, -0.2) is 0 Å². The molecule has 2 aromatic rings. The fourth-order valence-corrected chi connectivity index (χ4v) is 2.37. The first-order chi connectivity index (χ1) is 8.63. The Labute approximate surface area is 110 Å². The minimum Gasteiger partial charge on any atom is -0.496 e. The highest BCUT2D eigenvalue weighted by molar-refractivity contribution is 7.05. The second-order valence-corrected chi connectivity index (χ2v) is 4.90. The van der Waals surface area contributed by atoms with Crippen molar-refractivity contribution in [1.29, 1.82) is 0 Å². The summed E-state index contributed by atoms with van der Waals surface area (Å²) in [5.74, 6) is 0.828. The Morgan fingerprint density at radius 2 is 2.17 bits per heavy atom. The van der Waals surface area contributed by atoms with Crippen LogP contribution in [0.15, 0.2) is 12.4 Å². The van der Waals surface area contributed by atoms with Gasteiger partial charge in [0.1, 0.15) is 5.75 Å². The van der Waals surface area contributed by atoms with E-state index in [4.69, 9.17) is 4.74 Å². The fraction of sp³-hybridized carbons (Fsp3) is 0.417. The van der Waals surface area contributed by atoms with Gasteiger partial charge >= 0.3 is 0 Å². The van der Waals surface area contributed by atoms with Crippen molar-refractivity contribution in [3.63, 3.8) is 0 Å². The van der Waals surface area contributed by atoms with Crippen LogP contribution in [0.3, 0.4) is 0 Å². The molecule has 0 aromatic carbocycles. The number of rotatable bonds is 4. The Morgan fingerprint density at radius 1 is 1.39 bits per heavy atom. The van der Waals surface area contributed by atoms with Crippen molar-refractivity contribution in [1.82, 2.24) is 14.6 Å². The normalized spacial score (nSPS) is 12.4. The Hall–Kier alpha value is -1.53. The molecular formula is C12H15N3O2S. The second-order valence-electron chi connectivity index (χ2n) is 4.09. The van der Waals surface area contributed by atoms with E-state index in [0.29, 0.717) is 6.42 Å². The summed E-state index contributed by atoms with van der Waals surface area (Å²) in [4.78, 5) is 5.11. The summed E-state index contributed by atoms with van der Waals surface area (Å²) in [6.45, 7) is 3.90. The second kappa shape index (κ2) is 5.41. The van der Waals surface area contributed by atoms with Crippen LogP contribution in [0.5, 0.6) is 5.75 Å². The van der Waals surface area contributed by atoms with E-state index in [0.717, 1.165) is 27.4 Å². The lowest BCUT2D eigenvalue weighted by Gasteiger charge is -2.14. The van der Waals surface area contributed by atoms with E-state index in [1.807, 2.05) is 13.8 Å². The molecule has 0 saturated carbocycles. The topological polar surface area (TPSA) is 68.1 Å². The molecule has 1 N–H and O–H groups in total. The number of methoxy groups -OCH3 is 1. The molecule has 2 rings (SSSR count). The van der Waals surface area contributed by atoms with Gasteiger partial charge in [0.05, 0.1) is 24.3 Å². The average molecular weight is 265 g/mol. The highest BCUT2D eigenvalue weighted by atomic mass is 32.1. The average Bonchev–Trinajstić information content (AvgIpc) is 2.87. The van der Waals surface area contributed by atoms with Crippen LogP contribution in [0.4, 0.5) is 0 Å². The summed E-state index contributed by atoms with van der Waals surface area (Å²) in [6, 6.07) is 0. The molecule has 2 aromatic heterocycles. The first-order valence-electron chi connectivity index (χ1n) is 5.58. The van der Waals surface area contributed by atoms with E-state index in [-0.39, 0.29) is 0 Å². The highest BCUT2D eigenvalue weighted by Gasteiger charge is 2.16. The molecule has 5 nitrogen and oxygen atoms in total. The zero-order valence-electron chi connectivity index (χ0n) is 10.5. The van der Waals surface area contributed by atoms with E-state index < -0.39 is 6.10 Å². The third-order valence-electron chi connectivity index (χ3n) is 2.84. The lowest BCUT2D eigenvalue weighted by atomic mass is 10.1. The van der Waals surface area contributed by atoms with Gasteiger partial charge < -0.3 is 9.84 Å². The Balaban J connectivity index is 2.24. The standard InChI is InChI=1S/C12H15N3O2S/c1-7-5-13-9(8(2)12(7)17-3)4-10(16)11-6-14-15-18-11/h5-6,10,16H,4H2,1-3H3. The zero-order chi connectivity index (χ0) is 13.1. The largest absolute Gasteiger partial charge is 0.496 e. The maximum atomic E-state index is 10.1. The van der Waals surface area contributed by atoms with Gasteiger partial charge in [-0.2, -0.15) is 0 Å². The Morgan fingerprint density at radius 3 is 2.78 bits per heavy atom. The smallest absolute Gasteiger partial charge is 0.128 e. The summed E-state index contributed by atoms with van der Waals surface area (Å²) in [5, 5.41) is 13.8. The van der Waals surface area contributed by atoms with E-state index in [2.05, 4.69) is 14.6 Å². The van der Waals surface area contributed by atoms with Gasteiger partial charge in [0.25, 0.3) is 0 Å². The Kier molecular flexibility index (Phi) is 3.88. The molecule has 6 heteroatoms. The molecule has 0 spiro atoms. The molecule has 0 saturated heterocycles. The number of nitrogens with zero attached hydrogens (tertiary/aromatic N) is 3. The molecule has 0 amide bonds. The van der Waals surface area contributed by atoms with Crippen molar-refractivity contribution in [3.05, 3.63) is 34.1 Å². The van der Waals surface area contributed by atoms with Crippen LogP contribution in [0.25, 0.3) is 0 Å². The first-order valence-corrected chi connectivity index (χ1v) is 6.35. The third-order valence-corrected chi connectivity index (χ3v) is 3.61. The minimum absolute atomic E-state index is 0.437. The van der Waals surface area contributed by atoms with Gasteiger partial charge in [-0.15, -0.1) is 5.10 Å². The molecule has 18 heavy (non-hydrogen) atoms. The van der Waals surface area contributed by atoms with Crippen LogP contribution in [-0.4, -0.2) is 26.8 Å². The number of aromatic nitrogens is 3. The molecule has 0 fully saturated rings. The maximum Gasteiger partial charge on any atom is 0.128 e.